The van der Waals surface area contributed by atoms with Crippen LogP contribution in [0.5, 0.6) is 0 Å². The van der Waals surface area contributed by atoms with Gasteiger partial charge in [-0.1, -0.05) is 36.4 Å². The van der Waals surface area contributed by atoms with Gasteiger partial charge in [0.15, 0.2) is 0 Å². The van der Waals surface area contributed by atoms with E-state index >= 15 is 0 Å². The smallest absolute Gasteiger partial charge is 0.222 e. The lowest BCUT2D eigenvalue weighted by molar-refractivity contribution is -0.121. The largest absolute Gasteiger partial charge is 0.384 e. The summed E-state index contributed by atoms with van der Waals surface area (Å²) in [5, 5.41) is 6.29. The predicted octanol–water partition coefficient (Wildman–Crippen LogP) is 4.44. The van der Waals surface area contributed by atoms with Crippen LogP contribution >= 0.6 is 15.9 Å². The number of carbonyl (C=O) groups is 1. The summed E-state index contributed by atoms with van der Waals surface area (Å²) in [6.45, 7) is 4.65. The van der Waals surface area contributed by atoms with Gasteiger partial charge >= 0.3 is 0 Å². The van der Waals surface area contributed by atoms with Crippen molar-refractivity contribution in [1.29, 1.82) is 0 Å². The Labute approximate surface area is 140 Å². The van der Waals surface area contributed by atoms with Crippen LogP contribution in [0.3, 0.4) is 0 Å². The molecule has 2 aromatic carbocycles. The number of hydrogen-bond acceptors (Lipinski definition) is 2. The Morgan fingerprint density at radius 2 is 1.91 bits per heavy atom. The van der Waals surface area contributed by atoms with Crippen LogP contribution in [0.15, 0.2) is 53.0 Å². The fourth-order valence-corrected chi connectivity index (χ4v) is 2.85. The molecular formula is C18H21BrN2O. The molecule has 2 N–H and O–H groups in total. The van der Waals surface area contributed by atoms with Gasteiger partial charge in [-0.25, -0.2) is 0 Å². The molecular weight excluding hydrogens is 340 g/mol. The van der Waals surface area contributed by atoms with Crippen LogP contribution in [-0.4, -0.2) is 12.5 Å². The molecule has 0 fully saturated rings. The third-order valence-corrected chi connectivity index (χ3v) is 4.13. The van der Waals surface area contributed by atoms with E-state index in [1.807, 2.05) is 56.3 Å². The van der Waals surface area contributed by atoms with Gasteiger partial charge < -0.3 is 10.6 Å². The van der Waals surface area contributed by atoms with Crippen molar-refractivity contribution in [3.8, 4) is 0 Å². The first kappa shape index (κ1) is 16.6. The number of aryl methyl sites for hydroxylation is 1. The summed E-state index contributed by atoms with van der Waals surface area (Å²) in [6, 6.07) is 16.1. The van der Waals surface area contributed by atoms with Crippen molar-refractivity contribution < 1.29 is 4.79 Å². The average Bonchev–Trinajstić information content (AvgIpc) is 2.50. The molecule has 1 atom stereocenters. The van der Waals surface area contributed by atoms with Gasteiger partial charge in [0.05, 0.1) is 6.04 Å². The van der Waals surface area contributed by atoms with Crippen LogP contribution in [0.25, 0.3) is 0 Å². The monoisotopic (exact) mass is 360 g/mol. The first-order valence-electron chi connectivity index (χ1n) is 7.40. The van der Waals surface area contributed by atoms with E-state index in [2.05, 4.69) is 32.6 Å². The van der Waals surface area contributed by atoms with Crippen molar-refractivity contribution in [2.24, 2.45) is 0 Å². The minimum Gasteiger partial charge on any atom is -0.384 e. The van der Waals surface area contributed by atoms with E-state index in [0.29, 0.717) is 13.0 Å². The third-order valence-electron chi connectivity index (χ3n) is 3.47. The molecule has 116 valence electrons. The molecule has 1 unspecified atom stereocenters. The molecule has 0 bridgehead atoms. The highest BCUT2D eigenvalue weighted by molar-refractivity contribution is 9.10. The average molecular weight is 361 g/mol. The van der Waals surface area contributed by atoms with E-state index in [1.165, 1.54) is 5.56 Å². The SMILES string of the molecule is Cc1ccc(NCCC(=O)NC(C)c2ccccc2)c(Br)c1. The Morgan fingerprint density at radius 3 is 2.59 bits per heavy atom. The first-order valence-corrected chi connectivity index (χ1v) is 8.20. The summed E-state index contributed by atoms with van der Waals surface area (Å²) < 4.78 is 1.02. The first-order chi connectivity index (χ1) is 10.6. The molecule has 4 heteroatoms. The molecule has 2 rings (SSSR count). The molecule has 0 aliphatic heterocycles. The number of halogens is 1. The molecule has 0 aromatic heterocycles. The molecule has 0 radical (unpaired) electrons. The molecule has 0 saturated carbocycles. The standard InChI is InChI=1S/C18H21BrN2O/c1-13-8-9-17(16(19)12-13)20-11-10-18(22)21-14(2)15-6-4-3-5-7-15/h3-9,12,14,20H,10-11H2,1-2H3,(H,21,22). The lowest BCUT2D eigenvalue weighted by Gasteiger charge is -2.15. The van der Waals surface area contributed by atoms with Gasteiger partial charge in [0.2, 0.25) is 5.91 Å². The van der Waals surface area contributed by atoms with Crippen molar-refractivity contribution >= 4 is 27.5 Å². The number of amides is 1. The topological polar surface area (TPSA) is 41.1 Å². The second-order valence-corrected chi connectivity index (χ2v) is 6.21. The summed E-state index contributed by atoms with van der Waals surface area (Å²) >= 11 is 3.52. The minimum atomic E-state index is 0.0276. The van der Waals surface area contributed by atoms with Crippen LogP contribution < -0.4 is 10.6 Å². The van der Waals surface area contributed by atoms with Crippen LogP contribution in [0, 0.1) is 6.92 Å². The lowest BCUT2D eigenvalue weighted by atomic mass is 10.1. The van der Waals surface area contributed by atoms with Gasteiger partial charge in [-0.15, -0.1) is 0 Å². The van der Waals surface area contributed by atoms with Gasteiger partial charge in [-0.05, 0) is 53.0 Å². The Balaban J connectivity index is 1.78. The molecule has 0 spiro atoms. The van der Waals surface area contributed by atoms with Crippen LogP contribution in [0.4, 0.5) is 5.69 Å². The lowest BCUT2D eigenvalue weighted by Crippen LogP contribution is -2.28. The summed E-state index contributed by atoms with van der Waals surface area (Å²) in [6.07, 6.45) is 0.442. The van der Waals surface area contributed by atoms with E-state index in [1.54, 1.807) is 0 Å². The maximum Gasteiger partial charge on any atom is 0.222 e. The van der Waals surface area contributed by atoms with E-state index in [0.717, 1.165) is 15.7 Å². The zero-order chi connectivity index (χ0) is 15.9. The third kappa shape index (κ3) is 4.88. The Kier molecular flexibility index (Phi) is 6.01. The summed E-state index contributed by atoms with van der Waals surface area (Å²) in [5.74, 6) is 0.0482. The summed E-state index contributed by atoms with van der Waals surface area (Å²) in [7, 11) is 0. The summed E-state index contributed by atoms with van der Waals surface area (Å²) in [4.78, 5) is 12.0. The second kappa shape index (κ2) is 7.99. The van der Waals surface area contributed by atoms with Crippen molar-refractivity contribution in [2.45, 2.75) is 26.3 Å². The summed E-state index contributed by atoms with van der Waals surface area (Å²) in [5.41, 5.74) is 3.33. The number of benzene rings is 2. The molecule has 0 aliphatic rings. The molecule has 0 saturated heterocycles. The number of anilines is 1. The van der Waals surface area contributed by atoms with Gasteiger partial charge in [-0.3, -0.25) is 4.79 Å². The molecule has 0 aliphatic carbocycles. The minimum absolute atomic E-state index is 0.0276. The number of nitrogens with one attached hydrogen (secondary N) is 2. The highest BCUT2D eigenvalue weighted by atomic mass is 79.9. The number of rotatable bonds is 6. The van der Waals surface area contributed by atoms with Crippen LogP contribution in [-0.2, 0) is 4.79 Å². The number of carbonyl (C=O) groups excluding carboxylic acids is 1. The molecule has 0 heterocycles. The Hall–Kier alpha value is -1.81. The Bertz CT molecular complexity index is 628. The molecule has 2 aromatic rings. The van der Waals surface area contributed by atoms with E-state index in [-0.39, 0.29) is 11.9 Å². The molecule has 3 nitrogen and oxygen atoms in total. The molecule has 22 heavy (non-hydrogen) atoms. The number of hydrogen-bond donors (Lipinski definition) is 2. The quantitative estimate of drug-likeness (QED) is 0.799. The Morgan fingerprint density at radius 1 is 1.18 bits per heavy atom. The fourth-order valence-electron chi connectivity index (χ4n) is 2.21. The van der Waals surface area contributed by atoms with Crippen LogP contribution in [0.2, 0.25) is 0 Å². The van der Waals surface area contributed by atoms with E-state index in [4.69, 9.17) is 0 Å². The fraction of sp³-hybridized carbons (Fsp3) is 0.278. The maximum absolute atomic E-state index is 12.0. The predicted molar refractivity (Wildman–Crippen MR) is 95.0 cm³/mol. The van der Waals surface area contributed by atoms with Crippen molar-refractivity contribution in [3.63, 3.8) is 0 Å². The second-order valence-electron chi connectivity index (χ2n) is 5.36. The van der Waals surface area contributed by atoms with Crippen LogP contribution in [0.1, 0.15) is 30.5 Å². The zero-order valence-electron chi connectivity index (χ0n) is 12.9. The maximum atomic E-state index is 12.0. The van der Waals surface area contributed by atoms with Gasteiger partial charge in [0.1, 0.15) is 0 Å². The van der Waals surface area contributed by atoms with Crippen molar-refractivity contribution in [3.05, 3.63) is 64.1 Å². The van der Waals surface area contributed by atoms with Crippen molar-refractivity contribution in [1.82, 2.24) is 5.32 Å². The highest BCUT2D eigenvalue weighted by Crippen LogP contribution is 2.23. The van der Waals surface area contributed by atoms with Gasteiger partial charge in [0.25, 0.3) is 0 Å². The van der Waals surface area contributed by atoms with Crippen molar-refractivity contribution in [2.75, 3.05) is 11.9 Å². The normalized spacial score (nSPS) is 11.8. The van der Waals surface area contributed by atoms with E-state index < -0.39 is 0 Å². The molecule has 1 amide bonds. The van der Waals surface area contributed by atoms with Gasteiger partial charge in [0, 0.05) is 23.1 Å². The van der Waals surface area contributed by atoms with Gasteiger partial charge in [-0.2, -0.15) is 0 Å². The van der Waals surface area contributed by atoms with E-state index in [9.17, 15) is 4.79 Å². The zero-order valence-corrected chi connectivity index (χ0v) is 14.5. The highest BCUT2D eigenvalue weighted by Gasteiger charge is 2.09.